The Balaban J connectivity index is 1.49. The largest absolute Gasteiger partial charge is 0.322 e. The molecule has 0 fully saturated rings. The van der Waals surface area contributed by atoms with E-state index in [-0.39, 0.29) is 17.0 Å². The lowest BCUT2D eigenvalue weighted by molar-refractivity contribution is 0.102. The zero-order valence-electron chi connectivity index (χ0n) is 16.5. The lowest BCUT2D eigenvalue weighted by Crippen LogP contribution is -2.23. The molecule has 2 heterocycles. The van der Waals surface area contributed by atoms with Gasteiger partial charge in [-0.15, -0.1) is 11.3 Å². The summed E-state index contributed by atoms with van der Waals surface area (Å²) in [6.07, 6.45) is 0. The van der Waals surface area contributed by atoms with Crippen LogP contribution in [0, 0.1) is 6.92 Å². The molecule has 31 heavy (non-hydrogen) atoms. The van der Waals surface area contributed by atoms with Gasteiger partial charge in [0.25, 0.3) is 5.91 Å². The number of carbonyl (C=O) groups is 1. The van der Waals surface area contributed by atoms with E-state index < -0.39 is 15.9 Å². The van der Waals surface area contributed by atoms with Gasteiger partial charge in [0.15, 0.2) is 5.82 Å². The number of benzene rings is 2. The van der Waals surface area contributed by atoms with Gasteiger partial charge < -0.3 is 5.32 Å². The Kier molecular flexibility index (Phi) is 5.94. The van der Waals surface area contributed by atoms with Crippen LogP contribution >= 0.6 is 11.3 Å². The second-order valence-electron chi connectivity index (χ2n) is 6.71. The van der Waals surface area contributed by atoms with Crippen molar-refractivity contribution in [2.45, 2.75) is 18.4 Å². The first-order valence-corrected chi connectivity index (χ1v) is 11.7. The molecule has 10 heteroatoms. The summed E-state index contributed by atoms with van der Waals surface area (Å²) in [5.41, 5.74) is 1.53. The maximum absolute atomic E-state index is 12.7. The van der Waals surface area contributed by atoms with E-state index in [1.165, 1.54) is 23.5 Å². The minimum atomic E-state index is -3.75. The van der Waals surface area contributed by atoms with Gasteiger partial charge in [-0.05, 0) is 48.7 Å². The molecule has 0 aliphatic carbocycles. The fraction of sp³-hybridized carbons (Fsp3) is 0.0952. The van der Waals surface area contributed by atoms with Gasteiger partial charge in [0, 0.05) is 28.2 Å². The highest BCUT2D eigenvalue weighted by atomic mass is 32.2. The number of H-pyrrole nitrogens is 1. The molecule has 2 aromatic heterocycles. The molecule has 2 aromatic carbocycles. The molecule has 4 rings (SSSR count). The van der Waals surface area contributed by atoms with Crippen molar-refractivity contribution in [2.75, 3.05) is 5.32 Å². The molecule has 0 saturated heterocycles. The van der Waals surface area contributed by atoms with Gasteiger partial charge in [-0.25, -0.2) is 18.1 Å². The molecule has 0 bridgehead atoms. The van der Waals surface area contributed by atoms with Crippen molar-refractivity contribution in [2.24, 2.45) is 0 Å². The average Bonchev–Trinajstić information content (AvgIpc) is 3.44. The Morgan fingerprint density at radius 2 is 1.94 bits per heavy atom. The van der Waals surface area contributed by atoms with Crippen LogP contribution in [0.2, 0.25) is 0 Å². The van der Waals surface area contributed by atoms with Crippen LogP contribution in [0.25, 0.3) is 11.4 Å². The highest BCUT2D eigenvalue weighted by molar-refractivity contribution is 7.89. The van der Waals surface area contributed by atoms with E-state index >= 15 is 0 Å². The van der Waals surface area contributed by atoms with Crippen molar-refractivity contribution in [1.29, 1.82) is 0 Å². The zero-order chi connectivity index (χ0) is 21.8. The van der Waals surface area contributed by atoms with Gasteiger partial charge in [-0.3, -0.25) is 9.89 Å². The average molecular weight is 454 g/mol. The topological polar surface area (TPSA) is 117 Å². The fourth-order valence-corrected chi connectivity index (χ4v) is 4.67. The highest BCUT2D eigenvalue weighted by Gasteiger charge is 2.17. The molecule has 3 N–H and O–H groups in total. The minimum Gasteiger partial charge on any atom is -0.322 e. The van der Waals surface area contributed by atoms with Crippen LogP contribution in [0.15, 0.2) is 70.9 Å². The van der Waals surface area contributed by atoms with Gasteiger partial charge in [0.05, 0.1) is 4.90 Å². The van der Waals surface area contributed by atoms with Crippen LogP contribution in [-0.4, -0.2) is 29.5 Å². The van der Waals surface area contributed by atoms with Crippen molar-refractivity contribution >= 4 is 33.0 Å². The van der Waals surface area contributed by atoms with Crippen molar-refractivity contribution in [1.82, 2.24) is 19.9 Å². The monoisotopic (exact) mass is 453 g/mol. The van der Waals surface area contributed by atoms with E-state index in [9.17, 15) is 13.2 Å². The molecule has 4 aromatic rings. The third-order valence-electron chi connectivity index (χ3n) is 4.40. The normalized spacial score (nSPS) is 11.4. The van der Waals surface area contributed by atoms with E-state index in [1.807, 2.05) is 23.6 Å². The Hall–Kier alpha value is -3.34. The van der Waals surface area contributed by atoms with Crippen LogP contribution in [0.4, 0.5) is 5.69 Å². The molecule has 1 amide bonds. The Morgan fingerprint density at radius 3 is 2.68 bits per heavy atom. The Morgan fingerprint density at radius 1 is 1.10 bits per heavy atom. The number of hydrogen-bond acceptors (Lipinski definition) is 6. The van der Waals surface area contributed by atoms with E-state index in [1.54, 1.807) is 37.3 Å². The number of amides is 1. The summed E-state index contributed by atoms with van der Waals surface area (Å²) in [4.78, 5) is 17.9. The second-order valence-corrected chi connectivity index (χ2v) is 9.51. The van der Waals surface area contributed by atoms with Gasteiger partial charge >= 0.3 is 0 Å². The summed E-state index contributed by atoms with van der Waals surface area (Å²) in [6.45, 7) is 2.00. The first-order valence-electron chi connectivity index (χ1n) is 9.34. The van der Waals surface area contributed by atoms with Crippen molar-refractivity contribution < 1.29 is 13.2 Å². The summed E-state index contributed by atoms with van der Waals surface area (Å²) in [5, 5.41) is 11.6. The summed E-state index contributed by atoms with van der Waals surface area (Å²) in [6, 6.07) is 16.7. The lowest BCUT2D eigenvalue weighted by Gasteiger charge is -2.09. The van der Waals surface area contributed by atoms with E-state index in [2.05, 4.69) is 25.2 Å². The molecule has 0 aliphatic rings. The summed E-state index contributed by atoms with van der Waals surface area (Å²) >= 11 is 1.47. The number of carbonyl (C=O) groups excluding carboxylic acids is 1. The molecule has 0 aliphatic heterocycles. The number of nitrogens with one attached hydrogen (secondary N) is 3. The van der Waals surface area contributed by atoms with E-state index in [0.29, 0.717) is 17.3 Å². The Labute approximate surface area is 183 Å². The standard InChI is InChI=1S/C21H19N5O3S2/c1-14-23-20(26-25-14)15-5-2-7-17(11-15)24-21(27)16-6-3-9-19(12-16)31(28,29)22-13-18-8-4-10-30-18/h2-12,22H,13H2,1H3,(H,24,27)(H,23,25,26). The predicted octanol–water partition coefficient (Wildman–Crippen LogP) is 3.57. The molecule has 0 radical (unpaired) electrons. The molecule has 0 unspecified atom stereocenters. The smallest absolute Gasteiger partial charge is 0.255 e. The fourth-order valence-electron chi connectivity index (χ4n) is 2.88. The van der Waals surface area contributed by atoms with Crippen molar-refractivity contribution in [3.8, 4) is 11.4 Å². The van der Waals surface area contributed by atoms with Crippen LogP contribution in [-0.2, 0) is 16.6 Å². The number of aryl methyl sites for hydroxylation is 1. The summed E-state index contributed by atoms with van der Waals surface area (Å²) in [5.74, 6) is 0.798. The molecule has 0 atom stereocenters. The van der Waals surface area contributed by atoms with Gasteiger partial charge in [-0.2, -0.15) is 5.10 Å². The second kappa shape index (κ2) is 8.80. The van der Waals surface area contributed by atoms with Gasteiger partial charge in [0.2, 0.25) is 10.0 Å². The molecular weight excluding hydrogens is 434 g/mol. The number of anilines is 1. The number of sulfonamides is 1. The number of aromatic amines is 1. The van der Waals surface area contributed by atoms with Crippen LogP contribution in [0.1, 0.15) is 21.1 Å². The maximum Gasteiger partial charge on any atom is 0.255 e. The third-order valence-corrected chi connectivity index (χ3v) is 6.67. The molecular formula is C21H19N5O3S2. The SMILES string of the molecule is Cc1nc(-c2cccc(NC(=O)c3cccc(S(=O)(=O)NCc4cccs4)c3)c2)n[nH]1. The van der Waals surface area contributed by atoms with Gasteiger partial charge in [0.1, 0.15) is 5.82 Å². The molecule has 0 spiro atoms. The van der Waals surface area contributed by atoms with Crippen molar-refractivity contribution in [3.63, 3.8) is 0 Å². The molecule has 158 valence electrons. The number of hydrogen-bond donors (Lipinski definition) is 3. The van der Waals surface area contributed by atoms with E-state index in [0.717, 1.165) is 10.4 Å². The number of nitrogens with zero attached hydrogens (tertiary/aromatic N) is 2. The van der Waals surface area contributed by atoms with Crippen LogP contribution < -0.4 is 10.0 Å². The van der Waals surface area contributed by atoms with Crippen LogP contribution in [0.5, 0.6) is 0 Å². The number of rotatable bonds is 7. The minimum absolute atomic E-state index is 0.0293. The lowest BCUT2D eigenvalue weighted by atomic mass is 10.1. The summed E-state index contributed by atoms with van der Waals surface area (Å²) < 4.78 is 27.8. The maximum atomic E-state index is 12.7. The van der Waals surface area contributed by atoms with E-state index in [4.69, 9.17) is 0 Å². The number of thiophene rings is 1. The molecule has 8 nitrogen and oxygen atoms in total. The number of aromatic nitrogens is 3. The molecule has 0 saturated carbocycles. The van der Waals surface area contributed by atoms with Gasteiger partial charge in [-0.1, -0.05) is 24.3 Å². The zero-order valence-corrected chi connectivity index (χ0v) is 18.1. The summed E-state index contributed by atoms with van der Waals surface area (Å²) in [7, 11) is -3.75. The van der Waals surface area contributed by atoms with Crippen molar-refractivity contribution in [3.05, 3.63) is 82.3 Å². The quantitative estimate of drug-likeness (QED) is 0.395. The predicted molar refractivity (Wildman–Crippen MR) is 119 cm³/mol. The first kappa shape index (κ1) is 20.9. The third kappa shape index (κ3) is 5.05. The highest BCUT2D eigenvalue weighted by Crippen LogP contribution is 2.20. The Bertz CT molecular complexity index is 1310. The van der Waals surface area contributed by atoms with Crippen LogP contribution in [0.3, 0.4) is 0 Å². The first-order chi connectivity index (χ1) is 14.9.